The molecule has 0 radical (unpaired) electrons. The molecule has 0 saturated carbocycles. The number of imide groups is 1. The van der Waals surface area contributed by atoms with Gasteiger partial charge in [-0.2, -0.15) is 0 Å². The van der Waals surface area contributed by atoms with E-state index in [0.29, 0.717) is 17.7 Å². The first-order chi connectivity index (χ1) is 8.08. The lowest BCUT2D eigenvalue weighted by molar-refractivity contribution is -0.133. The molecule has 1 atom stereocenters. The molecule has 0 spiro atoms. The Bertz CT molecular complexity index is 474. The van der Waals surface area contributed by atoms with Crippen LogP contribution in [0.15, 0.2) is 18.2 Å². The first-order valence-corrected chi connectivity index (χ1v) is 5.43. The minimum atomic E-state index is -0.552. The average molecular weight is 236 g/mol. The second-order valence-electron chi connectivity index (χ2n) is 4.08. The highest BCUT2D eigenvalue weighted by atomic mass is 19.1. The first kappa shape index (κ1) is 11.6. The molecule has 2 rings (SSSR count). The van der Waals surface area contributed by atoms with Crippen LogP contribution in [0.2, 0.25) is 0 Å². The predicted octanol–water partition coefficient (Wildman–Crippen LogP) is 1.35. The summed E-state index contributed by atoms with van der Waals surface area (Å²) in [5.41, 5.74) is 0.807. The number of nitrogens with one attached hydrogen (secondary N) is 2. The van der Waals surface area contributed by atoms with E-state index in [2.05, 4.69) is 10.6 Å². The summed E-state index contributed by atoms with van der Waals surface area (Å²) in [6.07, 6.45) is 0.662. The van der Waals surface area contributed by atoms with E-state index in [-0.39, 0.29) is 18.1 Å². The standard InChI is InChI=1S/C12H13FN2O2/c1-7-3-2-4-8(11(7)13)14-9-5-6-10(16)15-12(9)17/h2-4,9,14H,5-6H2,1H3,(H,15,16,17). The largest absolute Gasteiger partial charge is 0.371 e. The van der Waals surface area contributed by atoms with Crippen LogP contribution in [0.4, 0.5) is 10.1 Å². The van der Waals surface area contributed by atoms with Crippen LogP contribution in [0.25, 0.3) is 0 Å². The van der Waals surface area contributed by atoms with Crippen molar-refractivity contribution in [3.63, 3.8) is 0 Å². The summed E-state index contributed by atoms with van der Waals surface area (Å²) in [5.74, 6) is -1.04. The summed E-state index contributed by atoms with van der Waals surface area (Å²) in [4.78, 5) is 22.4. The van der Waals surface area contributed by atoms with Gasteiger partial charge < -0.3 is 5.32 Å². The zero-order valence-electron chi connectivity index (χ0n) is 9.42. The highest BCUT2D eigenvalue weighted by Gasteiger charge is 2.26. The maximum atomic E-state index is 13.7. The number of halogens is 1. The van der Waals surface area contributed by atoms with E-state index in [4.69, 9.17) is 0 Å². The van der Waals surface area contributed by atoms with Gasteiger partial charge in [0.1, 0.15) is 11.9 Å². The fourth-order valence-corrected chi connectivity index (χ4v) is 1.78. The van der Waals surface area contributed by atoms with Crippen LogP contribution >= 0.6 is 0 Å². The van der Waals surface area contributed by atoms with E-state index in [1.807, 2.05) is 0 Å². The molecule has 1 fully saturated rings. The smallest absolute Gasteiger partial charge is 0.249 e. The molecule has 1 heterocycles. The predicted molar refractivity (Wildman–Crippen MR) is 60.9 cm³/mol. The number of amides is 2. The zero-order chi connectivity index (χ0) is 12.4. The van der Waals surface area contributed by atoms with Crippen LogP contribution in [0.3, 0.4) is 0 Å². The Morgan fingerprint density at radius 3 is 2.88 bits per heavy atom. The monoisotopic (exact) mass is 236 g/mol. The molecule has 0 aliphatic carbocycles. The fraction of sp³-hybridized carbons (Fsp3) is 0.333. The summed E-state index contributed by atoms with van der Waals surface area (Å²) in [7, 11) is 0. The molecule has 2 amide bonds. The SMILES string of the molecule is Cc1cccc(NC2CCC(=O)NC2=O)c1F. The van der Waals surface area contributed by atoms with Crippen LogP contribution in [0.1, 0.15) is 18.4 Å². The molecule has 1 saturated heterocycles. The van der Waals surface area contributed by atoms with Gasteiger partial charge in [0.15, 0.2) is 0 Å². The van der Waals surface area contributed by atoms with Gasteiger partial charge in [-0.1, -0.05) is 12.1 Å². The van der Waals surface area contributed by atoms with Gasteiger partial charge in [-0.15, -0.1) is 0 Å². The van der Waals surface area contributed by atoms with Gasteiger partial charge in [0.2, 0.25) is 11.8 Å². The Balaban J connectivity index is 2.13. The summed E-state index contributed by atoms with van der Waals surface area (Å²) in [6, 6.07) is 4.40. The molecule has 1 aliphatic heterocycles. The molecule has 1 aliphatic rings. The molecule has 90 valence electrons. The van der Waals surface area contributed by atoms with E-state index < -0.39 is 11.9 Å². The lowest BCUT2D eigenvalue weighted by Gasteiger charge is -2.23. The molecule has 0 aromatic heterocycles. The van der Waals surface area contributed by atoms with Gasteiger partial charge >= 0.3 is 0 Å². The Morgan fingerprint density at radius 1 is 1.41 bits per heavy atom. The van der Waals surface area contributed by atoms with Gasteiger partial charge in [-0.3, -0.25) is 14.9 Å². The lowest BCUT2D eigenvalue weighted by Crippen LogP contribution is -2.47. The van der Waals surface area contributed by atoms with Crippen molar-refractivity contribution in [2.75, 3.05) is 5.32 Å². The molecule has 4 nitrogen and oxygen atoms in total. The highest BCUT2D eigenvalue weighted by molar-refractivity contribution is 6.01. The first-order valence-electron chi connectivity index (χ1n) is 5.43. The van der Waals surface area contributed by atoms with Crippen LogP contribution < -0.4 is 10.6 Å². The fourth-order valence-electron chi connectivity index (χ4n) is 1.78. The van der Waals surface area contributed by atoms with Crippen molar-refractivity contribution in [3.05, 3.63) is 29.6 Å². The Hall–Kier alpha value is -1.91. The molecular weight excluding hydrogens is 223 g/mol. The third-order valence-electron chi connectivity index (χ3n) is 2.76. The van der Waals surface area contributed by atoms with Crippen LogP contribution in [-0.4, -0.2) is 17.9 Å². The van der Waals surface area contributed by atoms with Crippen molar-refractivity contribution in [2.45, 2.75) is 25.8 Å². The van der Waals surface area contributed by atoms with Gasteiger partial charge in [-0.25, -0.2) is 4.39 Å². The minimum Gasteiger partial charge on any atom is -0.371 e. The summed E-state index contributed by atoms with van der Waals surface area (Å²) < 4.78 is 13.7. The Morgan fingerprint density at radius 2 is 2.18 bits per heavy atom. The van der Waals surface area contributed by atoms with Crippen molar-refractivity contribution in [1.82, 2.24) is 5.32 Å². The minimum absolute atomic E-state index is 0.275. The van der Waals surface area contributed by atoms with Gasteiger partial charge in [-0.05, 0) is 25.0 Å². The quantitative estimate of drug-likeness (QED) is 0.762. The molecule has 1 aromatic rings. The lowest BCUT2D eigenvalue weighted by atomic mass is 10.1. The number of rotatable bonds is 2. The van der Waals surface area contributed by atoms with Crippen LogP contribution in [-0.2, 0) is 9.59 Å². The second-order valence-corrected chi connectivity index (χ2v) is 4.08. The number of aryl methyl sites for hydroxylation is 1. The highest BCUT2D eigenvalue weighted by Crippen LogP contribution is 2.19. The maximum absolute atomic E-state index is 13.7. The van der Waals surface area contributed by atoms with Gasteiger partial charge in [0, 0.05) is 6.42 Å². The molecule has 0 bridgehead atoms. The summed E-state index contributed by atoms with van der Waals surface area (Å²) >= 11 is 0. The number of hydrogen-bond donors (Lipinski definition) is 2. The van der Waals surface area contributed by atoms with Crippen LogP contribution in [0.5, 0.6) is 0 Å². The number of carbonyl (C=O) groups is 2. The molecule has 5 heteroatoms. The number of piperidine rings is 1. The number of carbonyl (C=O) groups excluding carboxylic acids is 2. The van der Waals surface area contributed by atoms with E-state index in [1.165, 1.54) is 0 Å². The molecule has 2 N–H and O–H groups in total. The Labute approximate surface area is 98.2 Å². The molecule has 1 aromatic carbocycles. The average Bonchev–Trinajstić information content (AvgIpc) is 2.28. The van der Waals surface area contributed by atoms with Gasteiger partial charge in [0.25, 0.3) is 0 Å². The molecular formula is C12H13FN2O2. The third-order valence-corrected chi connectivity index (χ3v) is 2.76. The summed E-state index contributed by atoms with van der Waals surface area (Å²) in [5, 5.41) is 5.04. The summed E-state index contributed by atoms with van der Waals surface area (Å²) in [6.45, 7) is 1.66. The van der Waals surface area contributed by atoms with E-state index in [9.17, 15) is 14.0 Å². The van der Waals surface area contributed by atoms with Crippen molar-refractivity contribution >= 4 is 17.5 Å². The number of benzene rings is 1. The van der Waals surface area contributed by atoms with Crippen molar-refractivity contribution in [3.8, 4) is 0 Å². The Kier molecular flexibility index (Phi) is 3.08. The van der Waals surface area contributed by atoms with Crippen molar-refractivity contribution in [1.29, 1.82) is 0 Å². The van der Waals surface area contributed by atoms with Gasteiger partial charge in [0.05, 0.1) is 5.69 Å². The van der Waals surface area contributed by atoms with Crippen molar-refractivity contribution < 1.29 is 14.0 Å². The number of hydrogen-bond acceptors (Lipinski definition) is 3. The third kappa shape index (κ3) is 2.43. The van der Waals surface area contributed by atoms with Crippen LogP contribution in [0, 0.1) is 12.7 Å². The second kappa shape index (κ2) is 4.53. The van der Waals surface area contributed by atoms with Crippen molar-refractivity contribution in [2.24, 2.45) is 0 Å². The number of anilines is 1. The maximum Gasteiger partial charge on any atom is 0.249 e. The van der Waals surface area contributed by atoms with E-state index in [1.54, 1.807) is 25.1 Å². The molecule has 1 unspecified atom stereocenters. The topological polar surface area (TPSA) is 58.2 Å². The molecule has 17 heavy (non-hydrogen) atoms. The van der Waals surface area contributed by atoms with E-state index in [0.717, 1.165) is 0 Å². The zero-order valence-corrected chi connectivity index (χ0v) is 9.42. The normalized spacial score (nSPS) is 20.0. The van der Waals surface area contributed by atoms with E-state index >= 15 is 0 Å².